The molecule has 1 aliphatic rings. The second-order valence-electron chi connectivity index (χ2n) is 5.07. The summed E-state index contributed by atoms with van der Waals surface area (Å²) < 4.78 is 27.0. The molecule has 0 aliphatic heterocycles. The summed E-state index contributed by atoms with van der Waals surface area (Å²) in [4.78, 5) is 10.8. The van der Waals surface area contributed by atoms with Crippen molar-refractivity contribution < 1.29 is 23.4 Å². The number of nitrogens with one attached hydrogen (secondary N) is 1. The largest absolute Gasteiger partial charge is 0.477 e. The van der Waals surface area contributed by atoms with Gasteiger partial charge in [-0.15, -0.1) is 11.3 Å². The Morgan fingerprint density at radius 1 is 1.50 bits per heavy atom. The van der Waals surface area contributed by atoms with Gasteiger partial charge >= 0.3 is 5.97 Å². The van der Waals surface area contributed by atoms with Crippen LogP contribution in [-0.4, -0.2) is 37.2 Å². The Hall–Kier alpha value is -0.960. The molecular formula is C12H17NO5S2. The average Bonchev–Trinajstić information content (AvgIpc) is 2.93. The summed E-state index contributed by atoms with van der Waals surface area (Å²) in [5, 5.41) is 20.0. The summed E-state index contributed by atoms with van der Waals surface area (Å²) >= 11 is 0.911. The predicted molar refractivity (Wildman–Crippen MR) is 74.6 cm³/mol. The molecule has 1 heterocycles. The van der Waals surface area contributed by atoms with Crippen molar-refractivity contribution in [3.63, 3.8) is 0 Å². The highest BCUT2D eigenvalue weighted by molar-refractivity contribution is 7.89. The van der Waals surface area contributed by atoms with Gasteiger partial charge in [-0.25, -0.2) is 17.9 Å². The second-order valence-corrected chi connectivity index (χ2v) is 7.65. The number of aryl methyl sites for hydroxylation is 1. The van der Waals surface area contributed by atoms with Crippen molar-refractivity contribution in [1.82, 2.24) is 4.72 Å². The summed E-state index contributed by atoms with van der Waals surface area (Å²) in [5.74, 6) is -1.13. The van der Waals surface area contributed by atoms with E-state index in [1.807, 2.05) is 0 Å². The summed E-state index contributed by atoms with van der Waals surface area (Å²) in [6, 6.07) is 0. The topological polar surface area (TPSA) is 104 Å². The van der Waals surface area contributed by atoms with E-state index in [-0.39, 0.29) is 28.3 Å². The zero-order valence-corrected chi connectivity index (χ0v) is 12.6. The van der Waals surface area contributed by atoms with Crippen molar-refractivity contribution in [2.75, 3.05) is 6.54 Å². The molecule has 1 aromatic heterocycles. The molecule has 0 radical (unpaired) electrons. The summed E-state index contributed by atoms with van der Waals surface area (Å²) in [7, 11) is -3.83. The van der Waals surface area contributed by atoms with E-state index >= 15 is 0 Å². The van der Waals surface area contributed by atoms with Gasteiger partial charge in [0.1, 0.15) is 9.77 Å². The normalized spacial score (nSPS) is 23.1. The standard InChI is InChI=1S/C12H17NO5S2/c1-7-6-19-10(12(15)16)11(7)20(17,18)13-5-8-2-3-9(14)4-8/h6,8-9,13-14H,2-5H2,1H3,(H,15,16). The molecule has 0 amide bonds. The van der Waals surface area contributed by atoms with Gasteiger partial charge in [0.15, 0.2) is 0 Å². The zero-order valence-electron chi connectivity index (χ0n) is 11.0. The number of hydrogen-bond donors (Lipinski definition) is 3. The van der Waals surface area contributed by atoms with Crippen LogP contribution in [0.1, 0.15) is 34.5 Å². The van der Waals surface area contributed by atoms with Crippen LogP contribution in [-0.2, 0) is 10.0 Å². The van der Waals surface area contributed by atoms with Gasteiger partial charge in [-0.2, -0.15) is 0 Å². The lowest BCUT2D eigenvalue weighted by Gasteiger charge is -2.12. The fourth-order valence-corrected chi connectivity index (χ4v) is 5.19. The molecule has 2 atom stereocenters. The Bertz CT molecular complexity index is 607. The van der Waals surface area contributed by atoms with Gasteiger partial charge in [-0.3, -0.25) is 0 Å². The minimum absolute atomic E-state index is 0.104. The number of thiophene rings is 1. The fraction of sp³-hybridized carbons (Fsp3) is 0.583. The third kappa shape index (κ3) is 3.20. The highest BCUT2D eigenvalue weighted by Gasteiger charge is 2.29. The molecule has 20 heavy (non-hydrogen) atoms. The van der Waals surface area contributed by atoms with Gasteiger partial charge in [0.25, 0.3) is 0 Å². The molecule has 1 fully saturated rings. The summed E-state index contributed by atoms with van der Waals surface area (Å²) in [6.45, 7) is 1.81. The minimum atomic E-state index is -3.83. The fourth-order valence-electron chi connectivity index (χ4n) is 2.45. The van der Waals surface area contributed by atoms with Gasteiger partial charge in [-0.05, 0) is 43.0 Å². The quantitative estimate of drug-likeness (QED) is 0.756. The van der Waals surface area contributed by atoms with Gasteiger partial charge in [0.05, 0.1) is 6.10 Å². The maximum absolute atomic E-state index is 12.2. The molecule has 2 unspecified atom stereocenters. The van der Waals surface area contributed by atoms with Crippen molar-refractivity contribution in [3.8, 4) is 0 Å². The number of aromatic carboxylic acids is 1. The van der Waals surface area contributed by atoms with Crippen LogP contribution in [0.4, 0.5) is 0 Å². The van der Waals surface area contributed by atoms with E-state index in [9.17, 15) is 18.3 Å². The van der Waals surface area contributed by atoms with Gasteiger partial charge in [-0.1, -0.05) is 0 Å². The van der Waals surface area contributed by atoms with E-state index in [2.05, 4.69) is 4.72 Å². The van der Waals surface area contributed by atoms with Crippen molar-refractivity contribution in [1.29, 1.82) is 0 Å². The van der Waals surface area contributed by atoms with Crippen LogP contribution >= 0.6 is 11.3 Å². The van der Waals surface area contributed by atoms with Crippen LogP contribution in [0.2, 0.25) is 0 Å². The van der Waals surface area contributed by atoms with E-state index in [4.69, 9.17) is 5.11 Å². The van der Waals surface area contributed by atoms with Gasteiger partial charge in [0.2, 0.25) is 10.0 Å². The van der Waals surface area contributed by atoms with E-state index in [1.165, 1.54) is 5.38 Å². The van der Waals surface area contributed by atoms with E-state index in [0.29, 0.717) is 18.4 Å². The first kappa shape index (κ1) is 15.4. The van der Waals surface area contributed by atoms with Crippen LogP contribution < -0.4 is 4.72 Å². The highest BCUT2D eigenvalue weighted by atomic mass is 32.2. The van der Waals surface area contributed by atoms with Crippen molar-refractivity contribution in [2.24, 2.45) is 5.92 Å². The molecule has 1 aromatic rings. The third-order valence-electron chi connectivity index (χ3n) is 3.46. The number of carboxylic acid groups (broad SMARTS) is 1. The first-order chi connectivity index (χ1) is 9.31. The molecule has 1 aliphatic carbocycles. The molecular weight excluding hydrogens is 302 g/mol. The molecule has 3 N–H and O–H groups in total. The molecule has 1 saturated carbocycles. The van der Waals surface area contributed by atoms with E-state index in [0.717, 1.165) is 17.8 Å². The summed E-state index contributed by atoms with van der Waals surface area (Å²) in [6.07, 6.45) is 1.68. The first-order valence-electron chi connectivity index (χ1n) is 6.30. The molecule has 2 rings (SSSR count). The molecule has 8 heteroatoms. The van der Waals surface area contributed by atoms with Crippen LogP contribution in [0.15, 0.2) is 10.3 Å². The van der Waals surface area contributed by atoms with E-state index < -0.39 is 16.0 Å². The van der Waals surface area contributed by atoms with Crippen molar-refractivity contribution in [2.45, 2.75) is 37.2 Å². The Kier molecular flexibility index (Phi) is 4.48. The second kappa shape index (κ2) is 5.80. The van der Waals surface area contributed by atoms with Crippen molar-refractivity contribution in [3.05, 3.63) is 15.8 Å². The Balaban J connectivity index is 2.14. The number of rotatable bonds is 5. The van der Waals surface area contributed by atoms with Gasteiger partial charge < -0.3 is 10.2 Å². The zero-order chi connectivity index (χ0) is 14.9. The Morgan fingerprint density at radius 3 is 2.75 bits per heavy atom. The minimum Gasteiger partial charge on any atom is -0.477 e. The molecule has 0 bridgehead atoms. The number of aliphatic hydroxyl groups is 1. The number of hydrogen-bond acceptors (Lipinski definition) is 5. The van der Waals surface area contributed by atoms with E-state index in [1.54, 1.807) is 6.92 Å². The number of carbonyl (C=O) groups is 1. The van der Waals surface area contributed by atoms with Crippen LogP contribution in [0.3, 0.4) is 0 Å². The molecule has 0 spiro atoms. The maximum Gasteiger partial charge on any atom is 0.347 e. The average molecular weight is 319 g/mol. The SMILES string of the molecule is Cc1csc(C(=O)O)c1S(=O)(=O)NCC1CCC(O)C1. The number of sulfonamides is 1. The van der Waals surface area contributed by atoms with Crippen LogP contribution in [0.25, 0.3) is 0 Å². The molecule has 0 saturated heterocycles. The number of aliphatic hydroxyl groups excluding tert-OH is 1. The Morgan fingerprint density at radius 2 is 2.20 bits per heavy atom. The van der Waals surface area contributed by atoms with Gasteiger partial charge in [0, 0.05) is 6.54 Å². The molecule has 112 valence electrons. The van der Waals surface area contributed by atoms with Crippen molar-refractivity contribution >= 4 is 27.3 Å². The van der Waals surface area contributed by atoms with Crippen LogP contribution in [0, 0.1) is 12.8 Å². The molecule has 0 aromatic carbocycles. The Labute approximate surface area is 121 Å². The third-order valence-corrected chi connectivity index (χ3v) is 6.28. The highest BCUT2D eigenvalue weighted by Crippen LogP contribution is 2.28. The first-order valence-corrected chi connectivity index (χ1v) is 8.66. The lowest BCUT2D eigenvalue weighted by molar-refractivity contribution is 0.0698. The summed E-state index contributed by atoms with van der Waals surface area (Å²) in [5.41, 5.74) is 0.436. The monoisotopic (exact) mass is 319 g/mol. The van der Waals surface area contributed by atoms with Crippen LogP contribution in [0.5, 0.6) is 0 Å². The molecule has 6 nitrogen and oxygen atoms in total. The maximum atomic E-state index is 12.2. The smallest absolute Gasteiger partial charge is 0.347 e. The lowest BCUT2D eigenvalue weighted by Crippen LogP contribution is -2.30. The lowest BCUT2D eigenvalue weighted by atomic mass is 10.1. The number of carboxylic acids is 1. The predicted octanol–water partition coefficient (Wildman–Crippen LogP) is 1.19.